The lowest BCUT2D eigenvalue weighted by molar-refractivity contribution is -0.137. The molecule has 0 heterocycles. The monoisotopic (exact) mass is 254 g/mol. The van der Waals surface area contributed by atoms with Crippen molar-refractivity contribution in [2.45, 2.75) is 12.1 Å². The molecule has 0 radical (unpaired) electrons. The van der Waals surface area contributed by atoms with E-state index in [1.165, 1.54) is 0 Å². The van der Waals surface area contributed by atoms with Gasteiger partial charge in [0.15, 0.2) is 0 Å². The molecule has 7 heteroatoms. The number of benzene rings is 1. The number of hydrogen-bond acceptors (Lipinski definition) is 2. The number of alkyl halides is 5. The van der Waals surface area contributed by atoms with Crippen molar-refractivity contribution in [2.75, 3.05) is 18.4 Å². The Morgan fingerprint density at radius 1 is 1.00 bits per heavy atom. The second-order valence-corrected chi connectivity index (χ2v) is 3.49. The van der Waals surface area contributed by atoms with E-state index in [1.54, 1.807) is 0 Å². The first-order valence-electron chi connectivity index (χ1n) is 4.74. The average molecular weight is 254 g/mol. The Balaban J connectivity index is 2.64. The van der Waals surface area contributed by atoms with Gasteiger partial charge in [-0.15, -0.1) is 0 Å². The molecule has 1 aromatic rings. The Bertz CT molecular complexity index is 358. The van der Waals surface area contributed by atoms with Crippen LogP contribution in [-0.4, -0.2) is 19.0 Å². The van der Waals surface area contributed by atoms with Crippen molar-refractivity contribution in [2.24, 2.45) is 5.73 Å². The van der Waals surface area contributed by atoms with E-state index in [0.29, 0.717) is 0 Å². The van der Waals surface area contributed by atoms with E-state index in [-0.39, 0.29) is 5.69 Å². The molecule has 0 spiro atoms. The van der Waals surface area contributed by atoms with Gasteiger partial charge in [-0.1, -0.05) is 0 Å². The molecule has 2 nitrogen and oxygen atoms in total. The number of nitrogens with two attached hydrogens (primary N) is 1. The number of rotatable bonds is 4. The lowest BCUT2D eigenvalue weighted by atomic mass is 10.2. The van der Waals surface area contributed by atoms with Gasteiger partial charge in [0.2, 0.25) is 0 Å². The van der Waals surface area contributed by atoms with Crippen LogP contribution in [0.25, 0.3) is 0 Å². The van der Waals surface area contributed by atoms with Gasteiger partial charge in [-0.3, -0.25) is 0 Å². The summed E-state index contributed by atoms with van der Waals surface area (Å²) in [4.78, 5) is 0. The lowest BCUT2D eigenvalue weighted by Crippen LogP contribution is -2.35. The van der Waals surface area contributed by atoms with Crippen molar-refractivity contribution in [3.8, 4) is 0 Å². The van der Waals surface area contributed by atoms with Crippen LogP contribution >= 0.6 is 0 Å². The van der Waals surface area contributed by atoms with Crippen LogP contribution in [0.4, 0.5) is 27.6 Å². The molecule has 17 heavy (non-hydrogen) atoms. The van der Waals surface area contributed by atoms with E-state index in [4.69, 9.17) is 5.73 Å². The van der Waals surface area contributed by atoms with Crippen molar-refractivity contribution in [3.05, 3.63) is 29.8 Å². The highest BCUT2D eigenvalue weighted by atomic mass is 19.4. The van der Waals surface area contributed by atoms with Gasteiger partial charge in [0.25, 0.3) is 5.92 Å². The van der Waals surface area contributed by atoms with Crippen LogP contribution in [0.15, 0.2) is 24.3 Å². The predicted octanol–water partition coefficient (Wildman–Crippen LogP) is 2.71. The van der Waals surface area contributed by atoms with Crippen LogP contribution in [0, 0.1) is 0 Å². The van der Waals surface area contributed by atoms with E-state index < -0.39 is 30.8 Å². The van der Waals surface area contributed by atoms with Crippen molar-refractivity contribution < 1.29 is 22.0 Å². The first kappa shape index (κ1) is 13.7. The third kappa shape index (κ3) is 4.18. The van der Waals surface area contributed by atoms with Crippen molar-refractivity contribution >= 4 is 5.69 Å². The maximum Gasteiger partial charge on any atom is 0.416 e. The fraction of sp³-hybridized carbons (Fsp3) is 0.400. The zero-order valence-electron chi connectivity index (χ0n) is 8.69. The smallest absolute Gasteiger partial charge is 0.379 e. The third-order valence-electron chi connectivity index (χ3n) is 2.06. The fourth-order valence-electron chi connectivity index (χ4n) is 1.08. The van der Waals surface area contributed by atoms with Gasteiger partial charge in [-0.25, -0.2) is 8.78 Å². The summed E-state index contributed by atoms with van der Waals surface area (Å²) in [5.74, 6) is -3.08. The summed E-state index contributed by atoms with van der Waals surface area (Å²) in [5.41, 5.74) is 4.17. The summed E-state index contributed by atoms with van der Waals surface area (Å²) in [5, 5.41) is 2.32. The zero-order chi connectivity index (χ0) is 13.1. The van der Waals surface area contributed by atoms with E-state index >= 15 is 0 Å². The van der Waals surface area contributed by atoms with Crippen LogP contribution in [0.1, 0.15) is 5.56 Å². The minimum absolute atomic E-state index is 0.186. The standard InChI is InChI=1S/C10H11F5N2/c11-9(12,5-16)6-17-8-3-1-7(2-4-8)10(13,14)15/h1-4,17H,5-6,16H2. The SMILES string of the molecule is NCC(F)(F)CNc1ccc(C(F)(F)F)cc1. The van der Waals surface area contributed by atoms with E-state index in [2.05, 4.69) is 5.32 Å². The number of anilines is 1. The van der Waals surface area contributed by atoms with Crippen LogP contribution in [0.3, 0.4) is 0 Å². The molecule has 1 aromatic carbocycles. The Morgan fingerprint density at radius 3 is 1.94 bits per heavy atom. The van der Waals surface area contributed by atoms with Gasteiger partial charge in [-0.2, -0.15) is 13.2 Å². The number of nitrogens with one attached hydrogen (secondary N) is 1. The quantitative estimate of drug-likeness (QED) is 0.811. The largest absolute Gasteiger partial charge is 0.416 e. The van der Waals surface area contributed by atoms with Crippen molar-refractivity contribution in [1.29, 1.82) is 0 Å². The van der Waals surface area contributed by atoms with Gasteiger partial charge >= 0.3 is 6.18 Å². The van der Waals surface area contributed by atoms with Crippen molar-refractivity contribution in [3.63, 3.8) is 0 Å². The second-order valence-electron chi connectivity index (χ2n) is 3.49. The Hall–Kier alpha value is -1.37. The minimum atomic E-state index is -4.43. The third-order valence-corrected chi connectivity index (χ3v) is 2.06. The van der Waals surface area contributed by atoms with Gasteiger partial charge in [0.1, 0.15) is 0 Å². The van der Waals surface area contributed by atoms with Gasteiger partial charge in [0, 0.05) is 5.69 Å². The summed E-state index contributed by atoms with van der Waals surface area (Å²) in [6, 6.07) is 3.83. The molecule has 0 saturated heterocycles. The topological polar surface area (TPSA) is 38.0 Å². The molecule has 0 saturated carbocycles. The summed E-state index contributed by atoms with van der Waals surface area (Å²) in [6.45, 7) is -1.53. The average Bonchev–Trinajstić information content (AvgIpc) is 2.26. The molecule has 0 aliphatic heterocycles. The van der Waals surface area contributed by atoms with Gasteiger partial charge in [0.05, 0.1) is 18.7 Å². The summed E-state index contributed by atoms with van der Waals surface area (Å²) >= 11 is 0. The van der Waals surface area contributed by atoms with Crippen LogP contribution in [0.5, 0.6) is 0 Å². The summed E-state index contributed by atoms with van der Waals surface area (Å²) in [7, 11) is 0. The van der Waals surface area contributed by atoms with Crippen LogP contribution < -0.4 is 11.1 Å². The molecular weight excluding hydrogens is 243 g/mol. The molecule has 0 amide bonds. The normalized spacial score (nSPS) is 12.6. The maximum atomic E-state index is 12.7. The summed E-state index contributed by atoms with van der Waals surface area (Å²) < 4.78 is 62.1. The molecule has 0 atom stereocenters. The number of hydrogen-bond donors (Lipinski definition) is 2. The van der Waals surface area contributed by atoms with E-state index in [1.807, 2.05) is 0 Å². The lowest BCUT2D eigenvalue weighted by Gasteiger charge is -2.15. The molecule has 0 aliphatic carbocycles. The first-order valence-corrected chi connectivity index (χ1v) is 4.74. The second kappa shape index (κ2) is 4.87. The Labute approximate surface area is 94.6 Å². The molecule has 0 bridgehead atoms. The Kier molecular flexibility index (Phi) is 3.92. The van der Waals surface area contributed by atoms with Crippen LogP contribution in [-0.2, 0) is 6.18 Å². The molecule has 96 valence electrons. The van der Waals surface area contributed by atoms with Crippen LogP contribution in [0.2, 0.25) is 0 Å². The predicted molar refractivity (Wildman–Crippen MR) is 53.9 cm³/mol. The maximum absolute atomic E-state index is 12.7. The zero-order valence-corrected chi connectivity index (χ0v) is 8.69. The minimum Gasteiger partial charge on any atom is -0.379 e. The molecule has 0 aromatic heterocycles. The van der Waals surface area contributed by atoms with E-state index in [0.717, 1.165) is 24.3 Å². The molecule has 3 N–H and O–H groups in total. The van der Waals surface area contributed by atoms with Crippen molar-refractivity contribution in [1.82, 2.24) is 0 Å². The van der Waals surface area contributed by atoms with Gasteiger partial charge < -0.3 is 11.1 Å². The van der Waals surface area contributed by atoms with E-state index in [9.17, 15) is 22.0 Å². The highest BCUT2D eigenvalue weighted by molar-refractivity contribution is 5.45. The highest BCUT2D eigenvalue weighted by Crippen LogP contribution is 2.29. The van der Waals surface area contributed by atoms with Gasteiger partial charge in [-0.05, 0) is 24.3 Å². The molecule has 0 fully saturated rings. The molecule has 0 aliphatic rings. The number of halogens is 5. The molecular formula is C10H11F5N2. The highest BCUT2D eigenvalue weighted by Gasteiger charge is 2.30. The fourth-order valence-corrected chi connectivity index (χ4v) is 1.08. The summed E-state index contributed by atoms with van der Waals surface area (Å²) in [6.07, 6.45) is -4.43. The Morgan fingerprint density at radius 2 is 1.53 bits per heavy atom. The molecule has 0 unspecified atom stereocenters. The molecule has 1 rings (SSSR count). The first-order chi connectivity index (χ1) is 7.74.